The molecular formula is C16H19N5OS. The number of nitrogens with zero attached hydrogens (tertiary/aromatic N) is 4. The summed E-state index contributed by atoms with van der Waals surface area (Å²) in [5.41, 5.74) is 0.967. The summed E-state index contributed by atoms with van der Waals surface area (Å²) in [4.78, 5) is 12.6. The highest BCUT2D eigenvalue weighted by molar-refractivity contribution is 7.13. The highest BCUT2D eigenvalue weighted by Gasteiger charge is 2.27. The number of nitrogens with one attached hydrogen (secondary N) is 1. The summed E-state index contributed by atoms with van der Waals surface area (Å²) in [6, 6.07) is 4.30. The van der Waals surface area contributed by atoms with Gasteiger partial charge in [-0.1, -0.05) is 6.07 Å². The highest BCUT2D eigenvalue weighted by Crippen LogP contribution is 2.26. The molecule has 0 saturated carbocycles. The van der Waals surface area contributed by atoms with Crippen molar-refractivity contribution in [2.75, 3.05) is 19.6 Å². The van der Waals surface area contributed by atoms with Crippen LogP contribution in [0.15, 0.2) is 40.6 Å². The average molecular weight is 329 g/mol. The molecule has 1 unspecified atom stereocenters. The minimum atomic E-state index is 0.255. The van der Waals surface area contributed by atoms with Gasteiger partial charge in [-0.25, -0.2) is 9.97 Å². The molecule has 3 aromatic heterocycles. The lowest BCUT2D eigenvalue weighted by Gasteiger charge is -2.35. The number of hydrogen-bond acceptors (Lipinski definition) is 6. The Bertz CT molecular complexity index is 763. The minimum absolute atomic E-state index is 0.255. The Morgan fingerprint density at radius 3 is 3.22 bits per heavy atom. The van der Waals surface area contributed by atoms with Crippen LogP contribution in [0.5, 0.6) is 0 Å². The first-order valence-electron chi connectivity index (χ1n) is 7.71. The van der Waals surface area contributed by atoms with Crippen LogP contribution in [0.1, 0.15) is 17.6 Å². The standard InChI is InChI=1S/C16H19N5OS/c1-20-6-5-18-15(20)13-9-17-4-7-21(13)10-12-11-22-16(19-12)14-3-2-8-23-14/h2-3,5-6,8,11,13,17H,4,7,9-10H2,1H3. The van der Waals surface area contributed by atoms with Gasteiger partial charge >= 0.3 is 0 Å². The van der Waals surface area contributed by atoms with Crippen LogP contribution in [0, 0.1) is 0 Å². The Hall–Kier alpha value is -1.96. The number of hydrogen-bond donors (Lipinski definition) is 1. The predicted octanol–water partition coefficient (Wildman–Crippen LogP) is 2.28. The van der Waals surface area contributed by atoms with E-state index in [0.29, 0.717) is 5.89 Å². The van der Waals surface area contributed by atoms with E-state index in [-0.39, 0.29) is 6.04 Å². The van der Waals surface area contributed by atoms with Gasteiger partial charge in [-0.05, 0) is 11.4 Å². The molecule has 0 bridgehead atoms. The second kappa shape index (κ2) is 6.27. The van der Waals surface area contributed by atoms with Crippen molar-refractivity contribution in [3.8, 4) is 10.8 Å². The fourth-order valence-electron chi connectivity index (χ4n) is 2.99. The number of imidazole rings is 1. The lowest BCUT2D eigenvalue weighted by Crippen LogP contribution is -2.46. The Morgan fingerprint density at radius 2 is 2.43 bits per heavy atom. The van der Waals surface area contributed by atoms with Gasteiger partial charge in [0.1, 0.15) is 12.1 Å². The summed E-state index contributed by atoms with van der Waals surface area (Å²) in [5, 5.41) is 5.49. The molecule has 1 aliphatic rings. The summed E-state index contributed by atoms with van der Waals surface area (Å²) in [5.74, 6) is 1.79. The number of piperazine rings is 1. The van der Waals surface area contributed by atoms with Crippen LogP contribution >= 0.6 is 11.3 Å². The third-order valence-electron chi connectivity index (χ3n) is 4.16. The smallest absolute Gasteiger partial charge is 0.236 e. The Labute approximate surface area is 138 Å². The van der Waals surface area contributed by atoms with Crippen molar-refractivity contribution in [2.24, 2.45) is 7.05 Å². The van der Waals surface area contributed by atoms with E-state index >= 15 is 0 Å². The van der Waals surface area contributed by atoms with Crippen molar-refractivity contribution in [1.82, 2.24) is 24.8 Å². The third-order valence-corrected chi connectivity index (χ3v) is 5.02. The molecule has 7 heteroatoms. The van der Waals surface area contributed by atoms with Gasteiger partial charge in [0.2, 0.25) is 5.89 Å². The lowest BCUT2D eigenvalue weighted by molar-refractivity contribution is 0.143. The van der Waals surface area contributed by atoms with Gasteiger partial charge in [0.05, 0.1) is 16.6 Å². The molecule has 0 radical (unpaired) electrons. The Morgan fingerprint density at radius 1 is 1.48 bits per heavy atom. The molecule has 1 saturated heterocycles. The molecule has 4 rings (SSSR count). The van der Waals surface area contributed by atoms with Gasteiger partial charge in [0.25, 0.3) is 0 Å². The third kappa shape index (κ3) is 2.95. The van der Waals surface area contributed by atoms with E-state index in [2.05, 4.69) is 24.8 Å². The van der Waals surface area contributed by atoms with Crippen molar-refractivity contribution in [2.45, 2.75) is 12.6 Å². The maximum Gasteiger partial charge on any atom is 0.236 e. The van der Waals surface area contributed by atoms with Crippen LogP contribution in [0.4, 0.5) is 0 Å². The van der Waals surface area contributed by atoms with E-state index in [1.165, 1.54) is 0 Å². The van der Waals surface area contributed by atoms with Gasteiger partial charge in [0, 0.05) is 45.6 Å². The second-order valence-electron chi connectivity index (χ2n) is 5.71. The molecule has 1 atom stereocenters. The van der Waals surface area contributed by atoms with Crippen molar-refractivity contribution in [3.63, 3.8) is 0 Å². The zero-order valence-electron chi connectivity index (χ0n) is 13.0. The van der Waals surface area contributed by atoms with Crippen LogP contribution in [0.3, 0.4) is 0 Å². The Balaban J connectivity index is 1.53. The van der Waals surface area contributed by atoms with Crippen molar-refractivity contribution in [3.05, 3.63) is 47.7 Å². The molecule has 23 heavy (non-hydrogen) atoms. The van der Waals surface area contributed by atoms with Crippen LogP contribution in [-0.4, -0.2) is 39.1 Å². The zero-order valence-corrected chi connectivity index (χ0v) is 13.8. The van der Waals surface area contributed by atoms with E-state index in [1.54, 1.807) is 17.6 Å². The van der Waals surface area contributed by atoms with Crippen LogP contribution < -0.4 is 5.32 Å². The number of oxazole rings is 1. The molecule has 6 nitrogen and oxygen atoms in total. The Kier molecular flexibility index (Phi) is 3.99. The lowest BCUT2D eigenvalue weighted by atomic mass is 10.1. The van der Waals surface area contributed by atoms with E-state index in [1.807, 2.05) is 37.0 Å². The van der Waals surface area contributed by atoms with Gasteiger partial charge in [-0.3, -0.25) is 4.90 Å². The van der Waals surface area contributed by atoms with Gasteiger partial charge in [-0.15, -0.1) is 11.3 Å². The summed E-state index contributed by atoms with van der Waals surface area (Å²) in [6.07, 6.45) is 5.62. The van der Waals surface area contributed by atoms with Crippen LogP contribution in [-0.2, 0) is 13.6 Å². The van der Waals surface area contributed by atoms with Gasteiger partial charge in [0.15, 0.2) is 0 Å². The van der Waals surface area contributed by atoms with Crippen molar-refractivity contribution in [1.29, 1.82) is 0 Å². The van der Waals surface area contributed by atoms with Gasteiger partial charge in [-0.2, -0.15) is 0 Å². The van der Waals surface area contributed by atoms with E-state index in [4.69, 9.17) is 4.42 Å². The largest absolute Gasteiger partial charge is 0.444 e. The normalized spacial score (nSPS) is 19.3. The molecule has 0 spiro atoms. The maximum absolute atomic E-state index is 5.64. The van der Waals surface area contributed by atoms with E-state index in [0.717, 1.165) is 42.6 Å². The number of aryl methyl sites for hydroxylation is 1. The second-order valence-corrected chi connectivity index (χ2v) is 6.66. The first kappa shape index (κ1) is 14.6. The topological polar surface area (TPSA) is 59.1 Å². The van der Waals surface area contributed by atoms with Crippen molar-refractivity contribution >= 4 is 11.3 Å². The molecular weight excluding hydrogens is 310 g/mol. The average Bonchev–Trinajstić information content (AvgIpc) is 3.29. The highest BCUT2D eigenvalue weighted by atomic mass is 32.1. The SMILES string of the molecule is Cn1ccnc1C1CNCCN1Cc1coc(-c2cccs2)n1. The fourth-order valence-corrected chi connectivity index (χ4v) is 3.64. The molecule has 1 fully saturated rings. The quantitative estimate of drug-likeness (QED) is 0.796. The summed E-state index contributed by atoms with van der Waals surface area (Å²) >= 11 is 1.64. The summed E-state index contributed by atoms with van der Waals surface area (Å²) in [6.45, 7) is 3.63. The maximum atomic E-state index is 5.64. The van der Waals surface area contributed by atoms with E-state index in [9.17, 15) is 0 Å². The van der Waals surface area contributed by atoms with Crippen LogP contribution in [0.2, 0.25) is 0 Å². The summed E-state index contributed by atoms with van der Waals surface area (Å²) in [7, 11) is 2.04. The number of rotatable bonds is 4. The first-order valence-corrected chi connectivity index (χ1v) is 8.59. The zero-order chi connectivity index (χ0) is 15.6. The molecule has 4 heterocycles. The summed E-state index contributed by atoms with van der Waals surface area (Å²) < 4.78 is 7.72. The van der Waals surface area contributed by atoms with Crippen LogP contribution in [0.25, 0.3) is 10.8 Å². The molecule has 0 aliphatic carbocycles. The minimum Gasteiger partial charge on any atom is -0.444 e. The number of aromatic nitrogens is 3. The molecule has 0 aromatic carbocycles. The van der Waals surface area contributed by atoms with Gasteiger partial charge < -0.3 is 14.3 Å². The predicted molar refractivity (Wildman–Crippen MR) is 89.0 cm³/mol. The monoisotopic (exact) mass is 329 g/mol. The molecule has 1 N–H and O–H groups in total. The molecule has 1 aliphatic heterocycles. The number of thiophene rings is 1. The van der Waals surface area contributed by atoms with E-state index < -0.39 is 0 Å². The first-order chi connectivity index (χ1) is 11.3. The molecule has 3 aromatic rings. The molecule has 0 amide bonds. The van der Waals surface area contributed by atoms with Crippen molar-refractivity contribution < 1.29 is 4.42 Å². The fraction of sp³-hybridized carbons (Fsp3) is 0.375. The molecule has 120 valence electrons.